The molecule has 0 unspecified atom stereocenters. The number of nitrogens with zero attached hydrogens (tertiary/aromatic N) is 1. The van der Waals surface area contributed by atoms with Gasteiger partial charge >= 0.3 is 5.97 Å². The highest BCUT2D eigenvalue weighted by Gasteiger charge is 2.16. The van der Waals surface area contributed by atoms with Gasteiger partial charge in [0, 0.05) is 11.7 Å². The van der Waals surface area contributed by atoms with Crippen molar-refractivity contribution in [3.05, 3.63) is 23.9 Å². The molecule has 0 aliphatic rings. The molecule has 0 bridgehead atoms. The smallest absolute Gasteiger partial charge is 0.341 e. The number of carboxylic acid groups (broad SMARTS) is 1. The van der Waals surface area contributed by atoms with E-state index in [1.165, 1.54) is 12.3 Å². The largest absolute Gasteiger partial charge is 0.477 e. The van der Waals surface area contributed by atoms with E-state index in [4.69, 9.17) is 15.6 Å². The number of ether oxygens (including phenoxy) is 1. The van der Waals surface area contributed by atoms with Gasteiger partial charge in [-0.1, -0.05) is 0 Å². The molecule has 0 saturated heterocycles. The van der Waals surface area contributed by atoms with E-state index in [0.29, 0.717) is 0 Å². The van der Waals surface area contributed by atoms with Crippen LogP contribution in [0.3, 0.4) is 0 Å². The van der Waals surface area contributed by atoms with Crippen molar-refractivity contribution in [2.75, 3.05) is 6.61 Å². The van der Waals surface area contributed by atoms with Crippen LogP contribution in [0.5, 0.6) is 5.88 Å². The zero-order chi connectivity index (χ0) is 11.5. The molecule has 1 aromatic rings. The van der Waals surface area contributed by atoms with Gasteiger partial charge in [0.25, 0.3) is 0 Å². The topological polar surface area (TPSA) is 85.4 Å². The van der Waals surface area contributed by atoms with Crippen LogP contribution in [0, 0.1) is 0 Å². The minimum Gasteiger partial charge on any atom is -0.477 e. The Morgan fingerprint density at radius 1 is 1.67 bits per heavy atom. The average molecular weight is 210 g/mol. The van der Waals surface area contributed by atoms with Gasteiger partial charge in [0.15, 0.2) is 0 Å². The fourth-order valence-corrected chi connectivity index (χ4v) is 0.923. The van der Waals surface area contributed by atoms with Crippen LogP contribution in [0.15, 0.2) is 18.3 Å². The van der Waals surface area contributed by atoms with Gasteiger partial charge in [-0.3, -0.25) is 0 Å². The van der Waals surface area contributed by atoms with Crippen molar-refractivity contribution in [3.63, 3.8) is 0 Å². The molecule has 82 valence electrons. The summed E-state index contributed by atoms with van der Waals surface area (Å²) in [5, 5.41) is 8.84. The normalized spacial score (nSPS) is 11.1. The third-order valence-electron chi connectivity index (χ3n) is 1.58. The van der Waals surface area contributed by atoms with E-state index in [1.54, 1.807) is 19.9 Å². The number of pyridine rings is 1. The number of nitrogens with two attached hydrogens (primary N) is 1. The molecule has 0 aliphatic heterocycles. The summed E-state index contributed by atoms with van der Waals surface area (Å²) in [6.07, 6.45) is 1.48. The standard InChI is InChI=1S/C10H14N2O3/c1-10(2,11)6-15-8-7(9(13)14)4-3-5-12-8/h3-5H,6,11H2,1-2H3,(H,13,14). The molecule has 1 rings (SSSR count). The lowest BCUT2D eigenvalue weighted by Crippen LogP contribution is -2.39. The quantitative estimate of drug-likeness (QED) is 0.771. The van der Waals surface area contributed by atoms with Crippen LogP contribution < -0.4 is 10.5 Å². The lowest BCUT2D eigenvalue weighted by molar-refractivity contribution is 0.0689. The van der Waals surface area contributed by atoms with Crippen molar-refractivity contribution in [1.29, 1.82) is 0 Å². The molecular formula is C10H14N2O3. The fourth-order valence-electron chi connectivity index (χ4n) is 0.923. The average Bonchev–Trinajstić information content (AvgIpc) is 2.14. The second kappa shape index (κ2) is 4.27. The predicted molar refractivity (Wildman–Crippen MR) is 55.0 cm³/mol. The summed E-state index contributed by atoms with van der Waals surface area (Å²) in [5.74, 6) is -0.962. The predicted octanol–water partition coefficient (Wildman–Crippen LogP) is 0.896. The fraction of sp³-hybridized carbons (Fsp3) is 0.400. The van der Waals surface area contributed by atoms with Gasteiger partial charge in [0.1, 0.15) is 12.2 Å². The SMILES string of the molecule is CC(C)(N)COc1ncccc1C(=O)O. The summed E-state index contributed by atoms with van der Waals surface area (Å²) in [6, 6.07) is 2.98. The number of rotatable bonds is 4. The Labute approximate surface area is 87.9 Å². The number of hydrogen-bond donors (Lipinski definition) is 2. The minimum atomic E-state index is -1.06. The first-order valence-corrected chi connectivity index (χ1v) is 4.50. The number of hydrogen-bond acceptors (Lipinski definition) is 4. The maximum atomic E-state index is 10.8. The summed E-state index contributed by atoms with van der Waals surface area (Å²) in [6.45, 7) is 3.79. The number of carbonyl (C=O) groups is 1. The van der Waals surface area contributed by atoms with Crippen LogP contribution in [0.4, 0.5) is 0 Å². The van der Waals surface area contributed by atoms with Gasteiger partial charge in [-0.15, -0.1) is 0 Å². The highest BCUT2D eigenvalue weighted by Crippen LogP contribution is 2.15. The lowest BCUT2D eigenvalue weighted by Gasteiger charge is -2.18. The maximum Gasteiger partial charge on any atom is 0.341 e. The molecule has 1 heterocycles. The van der Waals surface area contributed by atoms with E-state index in [-0.39, 0.29) is 18.1 Å². The van der Waals surface area contributed by atoms with Crippen molar-refractivity contribution in [2.45, 2.75) is 19.4 Å². The maximum absolute atomic E-state index is 10.8. The van der Waals surface area contributed by atoms with E-state index in [1.807, 2.05) is 0 Å². The van der Waals surface area contributed by atoms with Crippen LogP contribution in [-0.4, -0.2) is 28.2 Å². The Morgan fingerprint density at radius 2 is 2.33 bits per heavy atom. The third kappa shape index (κ3) is 3.55. The molecule has 0 saturated carbocycles. The van der Waals surface area contributed by atoms with Crippen molar-refractivity contribution >= 4 is 5.97 Å². The van der Waals surface area contributed by atoms with Crippen molar-refractivity contribution in [2.24, 2.45) is 5.73 Å². The zero-order valence-corrected chi connectivity index (χ0v) is 8.73. The van der Waals surface area contributed by atoms with Crippen molar-refractivity contribution in [1.82, 2.24) is 4.98 Å². The van der Waals surface area contributed by atoms with Crippen LogP contribution in [0.25, 0.3) is 0 Å². The van der Waals surface area contributed by atoms with Gasteiger partial charge in [0.2, 0.25) is 5.88 Å². The monoisotopic (exact) mass is 210 g/mol. The van der Waals surface area contributed by atoms with E-state index in [2.05, 4.69) is 4.98 Å². The first-order valence-electron chi connectivity index (χ1n) is 4.50. The Bertz CT molecular complexity index is 358. The van der Waals surface area contributed by atoms with E-state index >= 15 is 0 Å². The minimum absolute atomic E-state index is 0.0433. The zero-order valence-electron chi connectivity index (χ0n) is 8.73. The molecule has 15 heavy (non-hydrogen) atoms. The first kappa shape index (κ1) is 11.5. The second-order valence-electron chi connectivity index (χ2n) is 3.94. The number of aromatic nitrogens is 1. The van der Waals surface area contributed by atoms with Crippen LogP contribution in [-0.2, 0) is 0 Å². The molecular weight excluding hydrogens is 196 g/mol. The lowest BCUT2D eigenvalue weighted by atomic mass is 10.1. The van der Waals surface area contributed by atoms with Crippen molar-refractivity contribution < 1.29 is 14.6 Å². The van der Waals surface area contributed by atoms with Crippen molar-refractivity contribution in [3.8, 4) is 5.88 Å². The third-order valence-corrected chi connectivity index (χ3v) is 1.58. The van der Waals surface area contributed by atoms with E-state index in [9.17, 15) is 4.79 Å². The summed E-state index contributed by atoms with van der Waals surface area (Å²) >= 11 is 0. The molecule has 5 nitrogen and oxygen atoms in total. The van der Waals surface area contributed by atoms with Gasteiger partial charge in [-0.05, 0) is 26.0 Å². The Morgan fingerprint density at radius 3 is 2.87 bits per heavy atom. The second-order valence-corrected chi connectivity index (χ2v) is 3.94. The molecule has 0 spiro atoms. The van der Waals surface area contributed by atoms with E-state index < -0.39 is 11.5 Å². The van der Waals surface area contributed by atoms with E-state index in [0.717, 1.165) is 0 Å². The Balaban J connectivity index is 2.81. The van der Waals surface area contributed by atoms with Gasteiger partial charge < -0.3 is 15.6 Å². The highest BCUT2D eigenvalue weighted by molar-refractivity contribution is 5.90. The van der Waals surface area contributed by atoms with Crippen LogP contribution in [0.1, 0.15) is 24.2 Å². The molecule has 5 heteroatoms. The van der Waals surface area contributed by atoms with Gasteiger partial charge in [-0.2, -0.15) is 0 Å². The molecule has 0 atom stereocenters. The Hall–Kier alpha value is -1.62. The van der Waals surface area contributed by atoms with Gasteiger partial charge in [-0.25, -0.2) is 9.78 Å². The summed E-state index contributed by atoms with van der Waals surface area (Å²) in [4.78, 5) is 14.6. The molecule has 0 radical (unpaired) electrons. The molecule has 0 aliphatic carbocycles. The highest BCUT2D eigenvalue weighted by atomic mass is 16.5. The van der Waals surface area contributed by atoms with Crippen LogP contribution >= 0.6 is 0 Å². The summed E-state index contributed by atoms with van der Waals surface area (Å²) in [5.41, 5.74) is 5.23. The molecule has 0 amide bonds. The number of aromatic carboxylic acids is 1. The summed E-state index contributed by atoms with van der Waals surface area (Å²) in [7, 11) is 0. The molecule has 0 fully saturated rings. The van der Waals surface area contributed by atoms with Gasteiger partial charge in [0.05, 0.1) is 0 Å². The first-order chi connectivity index (χ1) is 6.90. The Kier molecular flexibility index (Phi) is 3.26. The number of carboxylic acids is 1. The molecule has 3 N–H and O–H groups in total. The molecule has 1 aromatic heterocycles. The summed E-state index contributed by atoms with van der Waals surface area (Å²) < 4.78 is 5.25. The molecule has 0 aromatic carbocycles. The van der Waals surface area contributed by atoms with Crippen LogP contribution in [0.2, 0.25) is 0 Å².